The first kappa shape index (κ1) is 44.4. The number of nitrogens with zero attached hydrogens (tertiary/aromatic N) is 1. The molecule has 4 rings (SSSR count). The molecular formula is C28H57N9O15. The normalized spacial score (nSPS) is 45.1. The molecule has 24 N–H and O–H groups in total. The minimum absolute atomic E-state index is 0.00499. The van der Waals surface area contributed by atoms with Crippen molar-refractivity contribution in [3.63, 3.8) is 0 Å². The Balaban J connectivity index is 0.000000636. The van der Waals surface area contributed by atoms with Crippen LogP contribution in [-0.2, 0) is 33.2 Å². The molecule has 0 aromatic carbocycles. The zero-order valence-electron chi connectivity index (χ0n) is 28.4. The summed E-state index contributed by atoms with van der Waals surface area (Å²) in [5.41, 5.74) is 45.6. The van der Waals surface area contributed by atoms with Crippen LogP contribution in [0, 0.1) is 0 Å². The average Bonchev–Trinajstić information content (AvgIpc) is 3.40. The molecule has 0 aromatic rings. The van der Waals surface area contributed by atoms with E-state index in [0.717, 1.165) is 0 Å². The molecule has 3 saturated heterocycles. The van der Waals surface area contributed by atoms with Gasteiger partial charge >= 0.3 is 5.97 Å². The molecule has 52 heavy (non-hydrogen) atoms. The van der Waals surface area contributed by atoms with E-state index in [9.17, 15) is 40.5 Å². The summed E-state index contributed by atoms with van der Waals surface area (Å²) in [4.78, 5) is 13.5. The first-order chi connectivity index (χ1) is 24.5. The summed E-state index contributed by atoms with van der Waals surface area (Å²) in [5.74, 6) is -0.823. The van der Waals surface area contributed by atoms with Crippen molar-refractivity contribution in [1.82, 2.24) is 0 Å². The van der Waals surface area contributed by atoms with Gasteiger partial charge in [-0.2, -0.15) is 0 Å². The van der Waals surface area contributed by atoms with E-state index in [1.807, 2.05) is 0 Å². The number of carboxylic acid groups (broad SMARTS) is 1. The summed E-state index contributed by atoms with van der Waals surface area (Å²) in [6.45, 7) is -0.583. The lowest BCUT2D eigenvalue weighted by molar-refractivity contribution is -0.306. The third-order valence-corrected chi connectivity index (χ3v) is 9.21. The van der Waals surface area contributed by atoms with E-state index in [0.29, 0.717) is 13.0 Å². The van der Waals surface area contributed by atoms with E-state index in [1.54, 1.807) is 0 Å². The van der Waals surface area contributed by atoms with Crippen LogP contribution >= 0.6 is 0 Å². The number of hydrogen-bond donors (Lipinski definition) is 16. The lowest BCUT2D eigenvalue weighted by Crippen LogP contribution is -2.68. The summed E-state index contributed by atoms with van der Waals surface area (Å²) in [7, 11) is 0. The number of nitrogens with two attached hydrogens (primary N) is 8. The van der Waals surface area contributed by atoms with Gasteiger partial charge in [-0.3, -0.25) is 9.79 Å². The number of carbonyl (C=O) groups is 1. The minimum Gasteiger partial charge on any atom is -0.481 e. The first-order valence-corrected chi connectivity index (χ1v) is 16.8. The van der Waals surface area contributed by atoms with E-state index in [1.165, 1.54) is 0 Å². The molecule has 1 aliphatic carbocycles. The van der Waals surface area contributed by atoms with E-state index >= 15 is 0 Å². The van der Waals surface area contributed by atoms with Gasteiger partial charge in [-0.15, -0.1) is 0 Å². The van der Waals surface area contributed by atoms with E-state index < -0.39 is 129 Å². The van der Waals surface area contributed by atoms with E-state index in [4.69, 9.17) is 79.4 Å². The third kappa shape index (κ3) is 10.8. The summed E-state index contributed by atoms with van der Waals surface area (Å²) in [5, 5.41) is 81.1. The molecule has 19 atom stereocenters. The number of aliphatic hydroxyl groups excluding tert-OH is 7. The predicted molar refractivity (Wildman–Crippen MR) is 176 cm³/mol. The van der Waals surface area contributed by atoms with Crippen molar-refractivity contribution in [2.45, 2.75) is 136 Å². The van der Waals surface area contributed by atoms with Crippen LogP contribution in [0.4, 0.5) is 0 Å². The summed E-state index contributed by atoms with van der Waals surface area (Å²) >= 11 is 0. The van der Waals surface area contributed by atoms with Gasteiger partial charge in [0.15, 0.2) is 24.8 Å². The summed E-state index contributed by atoms with van der Waals surface area (Å²) in [6.07, 6.45) is -19.2. The maximum Gasteiger partial charge on any atom is 0.303 e. The van der Waals surface area contributed by atoms with Gasteiger partial charge in [0.2, 0.25) is 0 Å². The number of carboxylic acids is 1. The Labute approximate surface area is 298 Å². The molecule has 24 nitrogen and oxygen atoms in total. The molecule has 24 heteroatoms. The maximum absolute atomic E-state index is 11.1. The number of aliphatic carboxylic acids is 1. The maximum atomic E-state index is 11.1. The molecular weight excluding hydrogens is 702 g/mol. The van der Waals surface area contributed by atoms with Gasteiger partial charge in [0.25, 0.3) is 0 Å². The Morgan fingerprint density at radius 1 is 0.654 bits per heavy atom. The Hall–Kier alpha value is -2.02. The molecule has 0 radical (unpaired) electrons. The van der Waals surface area contributed by atoms with E-state index in [-0.39, 0.29) is 31.9 Å². The van der Waals surface area contributed by atoms with Gasteiger partial charge in [0, 0.05) is 38.1 Å². The zero-order valence-corrected chi connectivity index (χ0v) is 28.4. The second-order valence-corrected chi connectivity index (χ2v) is 13.1. The highest BCUT2D eigenvalue weighted by molar-refractivity contribution is 5.75. The number of aliphatic hydroxyl groups is 7. The van der Waals surface area contributed by atoms with Crippen LogP contribution in [0.1, 0.15) is 19.3 Å². The van der Waals surface area contributed by atoms with Crippen LogP contribution in [0.2, 0.25) is 0 Å². The fourth-order valence-corrected chi connectivity index (χ4v) is 6.18. The molecule has 1 saturated carbocycles. The topological polar surface area (TPSA) is 455 Å². The van der Waals surface area contributed by atoms with Gasteiger partial charge < -0.3 is 115 Å². The number of hydrogen-bond acceptors (Lipinski definition) is 21. The van der Waals surface area contributed by atoms with Gasteiger partial charge in [0.1, 0.15) is 67.1 Å². The van der Waals surface area contributed by atoms with Crippen molar-refractivity contribution in [2.75, 3.05) is 26.2 Å². The van der Waals surface area contributed by atoms with Crippen LogP contribution in [0.5, 0.6) is 0 Å². The van der Waals surface area contributed by atoms with Crippen molar-refractivity contribution in [3.8, 4) is 0 Å². The Kier molecular flexibility index (Phi) is 17.1. The van der Waals surface area contributed by atoms with Gasteiger partial charge in [-0.25, -0.2) is 0 Å². The van der Waals surface area contributed by atoms with Gasteiger partial charge in [0.05, 0.1) is 24.8 Å². The predicted octanol–water partition coefficient (Wildman–Crippen LogP) is -9.77. The molecule has 3 heterocycles. The number of ether oxygens (including phenoxy) is 6. The van der Waals surface area contributed by atoms with Crippen molar-refractivity contribution < 1.29 is 74.1 Å². The quantitative estimate of drug-likeness (QED) is 0.0471. The summed E-state index contributed by atoms with van der Waals surface area (Å²) in [6, 6.07) is -4.18. The lowest BCUT2D eigenvalue weighted by atomic mass is 9.84. The lowest BCUT2D eigenvalue weighted by Gasteiger charge is -2.47. The molecule has 0 spiro atoms. The molecule has 4 fully saturated rings. The third-order valence-electron chi connectivity index (χ3n) is 9.21. The number of guanidine groups is 1. The Bertz CT molecular complexity index is 1130. The largest absolute Gasteiger partial charge is 0.481 e. The van der Waals surface area contributed by atoms with Crippen LogP contribution in [0.15, 0.2) is 4.99 Å². The van der Waals surface area contributed by atoms with Crippen LogP contribution in [0.3, 0.4) is 0 Å². The highest BCUT2D eigenvalue weighted by Crippen LogP contribution is 2.34. The Morgan fingerprint density at radius 2 is 1.13 bits per heavy atom. The van der Waals surface area contributed by atoms with Crippen molar-refractivity contribution in [1.29, 1.82) is 0 Å². The summed E-state index contributed by atoms with van der Waals surface area (Å²) < 4.78 is 34.6. The standard InChI is InChI=1S/C23H46N6O13.C5H11N3O2/c24-2-7-13(32)15(34)10(28)21(37-7)40-18-6(27)1-5(26)12(31)20(18)42-23-17(36)19(9(4-30)39-23)41-22-11(29)16(35)14(33)8(3-25)38-22;6-5(7)8-3-1-2-4(9)10/h5-23,30-36H,1-4,24-29H2;1-3H2,(H,9,10)(H4,6,7,8)/t5-,6+,7-,8+,9-,10-,11-,12+,13+,14-,15+,16-,17-,18-,19-,20-,21+,22-,23+;/m1./s1. The van der Waals surface area contributed by atoms with Crippen molar-refractivity contribution in [3.05, 3.63) is 0 Å². The van der Waals surface area contributed by atoms with Gasteiger partial charge in [-0.05, 0) is 12.8 Å². The monoisotopic (exact) mass is 759 g/mol. The number of aliphatic imine (C=N–C) groups is 1. The molecule has 0 unspecified atom stereocenters. The molecule has 4 aliphatic rings. The fraction of sp³-hybridized carbons (Fsp3) is 0.929. The second-order valence-electron chi connectivity index (χ2n) is 13.1. The second kappa shape index (κ2) is 20.1. The van der Waals surface area contributed by atoms with Crippen LogP contribution in [-0.4, -0.2) is 195 Å². The van der Waals surface area contributed by atoms with Gasteiger partial charge in [-0.1, -0.05) is 0 Å². The SMILES string of the molecule is NC(N)=NCCCC(=O)O.NC[C@@H]1O[C@H](O[C@H]2[C@@H](O)[C@H](O[C@@H]3[C@@H](O)[C@H](N)C[C@H](N)[C@H]3O[C@@H]3O[C@H](CN)[C@H](O)[C@@H](O)[C@H]3N)O[C@@H]2CO)[C@H](N)[C@@H](O)[C@@H]1O. The minimum atomic E-state index is -1.60. The highest BCUT2D eigenvalue weighted by Gasteiger charge is 2.54. The molecule has 0 bridgehead atoms. The molecule has 0 amide bonds. The molecule has 0 aromatic heterocycles. The average molecular weight is 760 g/mol. The van der Waals surface area contributed by atoms with Crippen molar-refractivity contribution in [2.24, 2.45) is 50.9 Å². The molecule has 3 aliphatic heterocycles. The van der Waals surface area contributed by atoms with Crippen LogP contribution < -0.4 is 45.9 Å². The number of rotatable bonds is 13. The Morgan fingerprint density at radius 3 is 1.60 bits per heavy atom. The van der Waals surface area contributed by atoms with Crippen molar-refractivity contribution >= 4 is 11.9 Å². The first-order valence-electron chi connectivity index (χ1n) is 16.8. The molecule has 304 valence electrons. The van der Waals surface area contributed by atoms with Crippen LogP contribution in [0.25, 0.3) is 0 Å². The fourth-order valence-electron chi connectivity index (χ4n) is 6.18. The smallest absolute Gasteiger partial charge is 0.303 e. The highest BCUT2D eigenvalue weighted by atomic mass is 16.8. The zero-order chi connectivity index (χ0) is 39.0. The van der Waals surface area contributed by atoms with E-state index in [2.05, 4.69) is 4.99 Å².